The standard InChI is InChI=1S/C13H18O2.C10H14O.C3H5ClO/c1-9(2)12-6-10(3)4-5-13(12)15-8-11-7-14-11;1-7(2)9-6-8(3)4-5-10(9)11;4-1-3-2-5-3/h4-6,9,11H,7-8H2,1-3H3;4-7,11H,1-3H3;3H,1-2H2. The molecular formula is C26H37ClO4. The van der Waals surface area contributed by atoms with Crippen molar-refractivity contribution in [3.63, 3.8) is 0 Å². The lowest BCUT2D eigenvalue weighted by atomic mass is 10.00. The number of aryl methyl sites for hydroxylation is 2. The van der Waals surface area contributed by atoms with E-state index in [1.54, 1.807) is 6.07 Å². The van der Waals surface area contributed by atoms with Crippen molar-refractivity contribution in [2.45, 2.75) is 65.6 Å². The Balaban J connectivity index is 0.000000186. The molecule has 2 atom stereocenters. The smallest absolute Gasteiger partial charge is 0.122 e. The van der Waals surface area contributed by atoms with E-state index in [4.69, 9.17) is 25.8 Å². The lowest BCUT2D eigenvalue weighted by molar-refractivity contribution is 0.260. The molecule has 2 aromatic carbocycles. The zero-order chi connectivity index (χ0) is 23.0. The number of halogens is 1. The van der Waals surface area contributed by atoms with Gasteiger partial charge in [-0.3, -0.25) is 0 Å². The monoisotopic (exact) mass is 448 g/mol. The summed E-state index contributed by atoms with van der Waals surface area (Å²) in [4.78, 5) is 0. The minimum atomic E-state index is 0.325. The molecule has 0 aromatic heterocycles. The van der Waals surface area contributed by atoms with E-state index in [1.165, 1.54) is 16.7 Å². The Kier molecular flexibility index (Phi) is 10.1. The Bertz CT molecular complexity index is 811. The van der Waals surface area contributed by atoms with E-state index in [0.29, 0.717) is 42.3 Å². The van der Waals surface area contributed by atoms with Crippen LogP contribution in [0.15, 0.2) is 36.4 Å². The van der Waals surface area contributed by atoms with Crippen LogP contribution in [0.25, 0.3) is 0 Å². The Morgan fingerprint density at radius 1 is 0.903 bits per heavy atom. The van der Waals surface area contributed by atoms with Crippen molar-refractivity contribution in [3.8, 4) is 11.5 Å². The average molecular weight is 449 g/mol. The molecular weight excluding hydrogens is 412 g/mol. The molecule has 0 bridgehead atoms. The lowest BCUT2D eigenvalue weighted by Crippen LogP contribution is -2.06. The van der Waals surface area contributed by atoms with Gasteiger partial charge in [0, 0.05) is 0 Å². The van der Waals surface area contributed by atoms with E-state index < -0.39 is 0 Å². The van der Waals surface area contributed by atoms with E-state index in [9.17, 15) is 5.11 Å². The largest absolute Gasteiger partial charge is 0.508 e. The van der Waals surface area contributed by atoms with Crippen molar-refractivity contribution in [2.75, 3.05) is 25.7 Å². The van der Waals surface area contributed by atoms with Gasteiger partial charge in [-0.05, 0) is 48.9 Å². The van der Waals surface area contributed by atoms with Crippen LogP contribution in [-0.2, 0) is 9.47 Å². The van der Waals surface area contributed by atoms with E-state index in [-0.39, 0.29) is 0 Å². The summed E-state index contributed by atoms with van der Waals surface area (Å²) in [5.74, 6) is 2.98. The number of alkyl halides is 1. The predicted molar refractivity (Wildman–Crippen MR) is 128 cm³/mol. The van der Waals surface area contributed by atoms with Crippen molar-refractivity contribution in [2.24, 2.45) is 0 Å². The minimum absolute atomic E-state index is 0.325. The van der Waals surface area contributed by atoms with E-state index in [0.717, 1.165) is 24.5 Å². The first-order valence-electron chi connectivity index (χ1n) is 11.0. The zero-order valence-corrected chi connectivity index (χ0v) is 20.4. The number of epoxide rings is 2. The normalized spacial score (nSPS) is 18.6. The topological polar surface area (TPSA) is 54.5 Å². The Labute approximate surface area is 192 Å². The minimum Gasteiger partial charge on any atom is -0.508 e. The molecule has 2 unspecified atom stereocenters. The number of rotatable bonds is 6. The van der Waals surface area contributed by atoms with Gasteiger partial charge in [-0.1, -0.05) is 63.1 Å². The van der Waals surface area contributed by atoms with E-state index in [1.807, 2.05) is 19.1 Å². The van der Waals surface area contributed by atoms with Gasteiger partial charge in [0.05, 0.1) is 25.2 Å². The second kappa shape index (κ2) is 12.3. The van der Waals surface area contributed by atoms with Crippen LogP contribution in [0.5, 0.6) is 11.5 Å². The third kappa shape index (κ3) is 9.51. The summed E-state index contributed by atoms with van der Waals surface area (Å²) < 4.78 is 15.6. The molecule has 2 aromatic rings. The fourth-order valence-corrected chi connectivity index (χ4v) is 3.07. The molecule has 0 radical (unpaired) electrons. The predicted octanol–water partition coefficient (Wildman–Crippen LogP) is 6.34. The number of aromatic hydroxyl groups is 1. The van der Waals surface area contributed by atoms with Gasteiger partial charge in [-0.25, -0.2) is 0 Å². The zero-order valence-electron chi connectivity index (χ0n) is 19.7. The van der Waals surface area contributed by atoms with Crippen LogP contribution >= 0.6 is 11.6 Å². The third-order valence-corrected chi connectivity index (χ3v) is 5.34. The molecule has 0 saturated carbocycles. The highest BCUT2D eigenvalue weighted by atomic mass is 35.5. The summed E-state index contributed by atoms with van der Waals surface area (Å²) in [6.45, 7) is 15.1. The molecule has 0 aliphatic carbocycles. The van der Waals surface area contributed by atoms with Gasteiger partial charge in [0.15, 0.2) is 0 Å². The molecule has 2 saturated heterocycles. The molecule has 2 heterocycles. The first kappa shape index (κ1) is 25.5. The van der Waals surface area contributed by atoms with Gasteiger partial charge in [-0.2, -0.15) is 0 Å². The number of ether oxygens (including phenoxy) is 3. The SMILES string of the molecule is Cc1ccc(O)c(C(C)C)c1.Cc1ccc(OCC2CO2)c(C(C)C)c1.ClCC1CO1. The van der Waals surface area contributed by atoms with Crippen molar-refractivity contribution in [1.82, 2.24) is 0 Å². The van der Waals surface area contributed by atoms with Gasteiger partial charge in [0.25, 0.3) is 0 Å². The fourth-order valence-electron chi connectivity index (χ4n) is 2.89. The highest BCUT2D eigenvalue weighted by Gasteiger charge is 2.23. The molecule has 4 rings (SSSR count). The highest BCUT2D eigenvalue weighted by molar-refractivity contribution is 6.18. The fraction of sp³-hybridized carbons (Fsp3) is 0.538. The highest BCUT2D eigenvalue weighted by Crippen LogP contribution is 2.28. The molecule has 1 N–H and O–H groups in total. The maximum absolute atomic E-state index is 9.41. The van der Waals surface area contributed by atoms with Crippen LogP contribution in [0.3, 0.4) is 0 Å². The molecule has 2 aliphatic heterocycles. The van der Waals surface area contributed by atoms with Gasteiger partial charge in [-0.15, -0.1) is 11.6 Å². The first-order valence-corrected chi connectivity index (χ1v) is 11.6. The molecule has 31 heavy (non-hydrogen) atoms. The summed E-state index contributed by atoms with van der Waals surface area (Å²) in [5.41, 5.74) is 4.81. The van der Waals surface area contributed by atoms with Crippen LogP contribution < -0.4 is 4.74 Å². The van der Waals surface area contributed by atoms with E-state index >= 15 is 0 Å². The number of hydrogen-bond donors (Lipinski definition) is 1. The maximum atomic E-state index is 9.41. The molecule has 0 amide bonds. The first-order chi connectivity index (χ1) is 14.7. The Morgan fingerprint density at radius 3 is 1.84 bits per heavy atom. The van der Waals surface area contributed by atoms with Gasteiger partial charge in [0.2, 0.25) is 0 Å². The van der Waals surface area contributed by atoms with Crippen molar-refractivity contribution >= 4 is 11.6 Å². The molecule has 0 spiro atoms. The van der Waals surface area contributed by atoms with Gasteiger partial charge >= 0.3 is 0 Å². The van der Waals surface area contributed by atoms with Gasteiger partial charge < -0.3 is 19.3 Å². The van der Waals surface area contributed by atoms with Crippen molar-refractivity contribution in [1.29, 1.82) is 0 Å². The third-order valence-electron chi connectivity index (χ3n) is 4.99. The van der Waals surface area contributed by atoms with Crippen LogP contribution in [0, 0.1) is 13.8 Å². The number of phenolic OH excluding ortho intramolecular Hbond substituents is 1. The summed E-state index contributed by atoms with van der Waals surface area (Å²) in [6.07, 6.45) is 0.725. The maximum Gasteiger partial charge on any atom is 0.122 e. The van der Waals surface area contributed by atoms with Crippen molar-refractivity contribution < 1.29 is 19.3 Å². The number of hydrogen-bond acceptors (Lipinski definition) is 4. The summed E-state index contributed by atoms with van der Waals surface area (Å²) in [6, 6.07) is 12.1. The molecule has 172 valence electrons. The van der Waals surface area contributed by atoms with Crippen LogP contribution in [0.4, 0.5) is 0 Å². The van der Waals surface area contributed by atoms with Crippen molar-refractivity contribution in [3.05, 3.63) is 58.7 Å². The van der Waals surface area contributed by atoms with Crippen LogP contribution in [-0.4, -0.2) is 43.0 Å². The molecule has 2 fully saturated rings. The Hall–Kier alpha value is -1.75. The molecule has 2 aliphatic rings. The Morgan fingerprint density at radius 2 is 1.42 bits per heavy atom. The summed E-state index contributed by atoms with van der Waals surface area (Å²) in [5, 5.41) is 9.41. The quantitative estimate of drug-likeness (QED) is 0.413. The average Bonchev–Trinajstić information content (AvgIpc) is 3.63. The number of phenols is 1. The summed E-state index contributed by atoms with van der Waals surface area (Å²) >= 11 is 5.27. The van der Waals surface area contributed by atoms with Crippen LogP contribution in [0.2, 0.25) is 0 Å². The van der Waals surface area contributed by atoms with E-state index in [2.05, 4.69) is 52.8 Å². The summed E-state index contributed by atoms with van der Waals surface area (Å²) in [7, 11) is 0. The molecule has 4 nitrogen and oxygen atoms in total. The lowest BCUT2D eigenvalue weighted by Gasteiger charge is -2.14. The molecule has 5 heteroatoms. The second-order valence-electron chi connectivity index (χ2n) is 8.79. The second-order valence-corrected chi connectivity index (χ2v) is 9.10. The van der Waals surface area contributed by atoms with Gasteiger partial charge in [0.1, 0.15) is 24.2 Å². The van der Waals surface area contributed by atoms with Crippen LogP contribution in [0.1, 0.15) is 61.8 Å². The number of benzene rings is 2.